The van der Waals surface area contributed by atoms with Crippen LogP contribution in [0.25, 0.3) is 22.7 Å². The number of aromatic amines is 2. The molecule has 1 aliphatic heterocycles. The third-order valence-electron chi connectivity index (χ3n) is 6.72. The van der Waals surface area contributed by atoms with Crippen LogP contribution in [0, 0.1) is 35.3 Å². The summed E-state index contributed by atoms with van der Waals surface area (Å²) in [7, 11) is 0. The number of ether oxygens (including phenoxy) is 2. The fourth-order valence-electron chi connectivity index (χ4n) is 4.94. The van der Waals surface area contributed by atoms with Crippen LogP contribution in [0.15, 0.2) is 59.6 Å². The van der Waals surface area contributed by atoms with Crippen molar-refractivity contribution in [3.63, 3.8) is 0 Å². The number of alkyl halides is 2. The number of hydrogen-bond acceptors (Lipinski definition) is 6. The smallest absolute Gasteiger partial charge is 0.387 e. The summed E-state index contributed by atoms with van der Waals surface area (Å²) in [6.07, 6.45) is 1.52. The molecule has 1 unspecified atom stereocenters. The standard InChI is InChI=1S/C27H22F2N6O4/c1-13(35(36)37)10-19-14(2)32-21-11-16(8-9-17(19)21)34-15(3)23-24(20(12-30)25(31)39-26(23)33-34)18-6-4-5-7-22(18)38-27(28)29/h4-11,24,27,32H,31H2,1-3H3/p+1/b13-10+. The van der Waals surface area contributed by atoms with Crippen LogP contribution in [-0.2, 0) is 0 Å². The molecule has 0 saturated heterocycles. The number of benzene rings is 2. The highest BCUT2D eigenvalue weighted by atomic mass is 19.3. The zero-order valence-corrected chi connectivity index (χ0v) is 21.1. The van der Waals surface area contributed by atoms with Crippen LogP contribution in [0.5, 0.6) is 11.6 Å². The second kappa shape index (κ2) is 9.60. The number of nitrogens with zero attached hydrogens (tertiary/aromatic N) is 3. The van der Waals surface area contributed by atoms with Crippen molar-refractivity contribution >= 4 is 17.0 Å². The zero-order valence-electron chi connectivity index (χ0n) is 21.1. The first-order valence-corrected chi connectivity index (χ1v) is 11.8. The first-order chi connectivity index (χ1) is 18.6. The van der Waals surface area contributed by atoms with E-state index in [0.717, 1.165) is 16.6 Å². The third kappa shape index (κ3) is 4.33. The van der Waals surface area contributed by atoms with Gasteiger partial charge in [-0.15, -0.1) is 5.10 Å². The predicted octanol–water partition coefficient (Wildman–Crippen LogP) is 4.85. The monoisotopic (exact) mass is 533 g/mol. The lowest BCUT2D eigenvalue weighted by atomic mass is 9.83. The van der Waals surface area contributed by atoms with E-state index in [1.54, 1.807) is 29.8 Å². The minimum absolute atomic E-state index is 0.0167. The van der Waals surface area contributed by atoms with Crippen molar-refractivity contribution in [1.82, 2.24) is 10.1 Å². The van der Waals surface area contributed by atoms with Gasteiger partial charge in [-0.2, -0.15) is 14.0 Å². The van der Waals surface area contributed by atoms with Crippen LogP contribution in [0.4, 0.5) is 8.78 Å². The van der Waals surface area contributed by atoms with E-state index in [4.69, 9.17) is 15.2 Å². The van der Waals surface area contributed by atoms with Gasteiger partial charge < -0.3 is 20.2 Å². The molecule has 12 heteroatoms. The number of nitro groups is 1. The summed E-state index contributed by atoms with van der Waals surface area (Å²) in [5, 5.41) is 25.0. The highest BCUT2D eigenvalue weighted by molar-refractivity contribution is 5.91. The fraction of sp³-hybridized carbons (Fsp3) is 0.185. The van der Waals surface area contributed by atoms with Gasteiger partial charge in [0.15, 0.2) is 0 Å². The van der Waals surface area contributed by atoms with Gasteiger partial charge in [0.05, 0.1) is 16.4 Å². The van der Waals surface area contributed by atoms with Gasteiger partial charge in [-0.05, 0) is 19.1 Å². The molecule has 10 nitrogen and oxygen atoms in total. The Morgan fingerprint density at radius 1 is 1.31 bits per heavy atom. The normalized spacial score (nSPS) is 15.3. The van der Waals surface area contributed by atoms with Gasteiger partial charge in [0, 0.05) is 54.3 Å². The average molecular weight is 534 g/mol. The molecule has 1 aliphatic rings. The Labute approximate surface area is 220 Å². The van der Waals surface area contributed by atoms with E-state index < -0.39 is 17.5 Å². The van der Waals surface area contributed by atoms with Gasteiger partial charge in [-0.25, -0.2) is 0 Å². The van der Waals surface area contributed by atoms with Crippen molar-refractivity contribution in [3.05, 3.63) is 97.8 Å². The Balaban J connectivity index is 1.66. The third-order valence-corrected chi connectivity index (χ3v) is 6.72. The molecule has 1 atom stereocenters. The quantitative estimate of drug-likeness (QED) is 0.183. The summed E-state index contributed by atoms with van der Waals surface area (Å²) in [6.45, 7) is 2.02. The number of aromatic nitrogens is 3. The van der Waals surface area contributed by atoms with Crippen molar-refractivity contribution < 1.29 is 27.9 Å². The van der Waals surface area contributed by atoms with Gasteiger partial charge in [-0.3, -0.25) is 10.1 Å². The molecular formula is C27H23F2N6O4+. The first kappa shape index (κ1) is 25.5. The van der Waals surface area contributed by atoms with E-state index in [2.05, 4.69) is 16.2 Å². The van der Waals surface area contributed by atoms with Crippen molar-refractivity contribution in [1.29, 1.82) is 5.26 Å². The zero-order chi connectivity index (χ0) is 28.0. The second-order valence-electron chi connectivity index (χ2n) is 9.05. The van der Waals surface area contributed by atoms with Crippen LogP contribution in [0.1, 0.15) is 40.9 Å². The van der Waals surface area contributed by atoms with Crippen LogP contribution in [0.3, 0.4) is 0 Å². The summed E-state index contributed by atoms with van der Waals surface area (Å²) >= 11 is 0. The van der Waals surface area contributed by atoms with Gasteiger partial charge in [0.2, 0.25) is 23.0 Å². The number of aryl methyl sites for hydroxylation is 1. The summed E-state index contributed by atoms with van der Waals surface area (Å²) in [4.78, 5) is 14.0. The molecule has 3 heterocycles. The van der Waals surface area contributed by atoms with Gasteiger partial charge in [0.1, 0.15) is 23.0 Å². The molecule has 0 fully saturated rings. The fourth-order valence-corrected chi connectivity index (χ4v) is 4.94. The van der Waals surface area contributed by atoms with E-state index in [9.17, 15) is 24.2 Å². The largest absolute Gasteiger partial charge is 0.435 e. The molecule has 2 aromatic carbocycles. The van der Waals surface area contributed by atoms with Crippen molar-refractivity contribution in [2.45, 2.75) is 33.3 Å². The maximum absolute atomic E-state index is 13.2. The number of hydrogen-bond donors (Lipinski definition) is 3. The highest BCUT2D eigenvalue weighted by Gasteiger charge is 2.40. The Morgan fingerprint density at radius 3 is 2.74 bits per heavy atom. The number of rotatable bonds is 6. The molecular weight excluding hydrogens is 510 g/mol. The molecule has 4 N–H and O–H groups in total. The number of halogens is 2. The molecule has 39 heavy (non-hydrogen) atoms. The number of H-pyrrole nitrogens is 2. The predicted molar refractivity (Wildman–Crippen MR) is 137 cm³/mol. The molecule has 2 aromatic heterocycles. The number of allylic oxidation sites excluding steroid dienone is 2. The molecule has 0 saturated carbocycles. The Morgan fingerprint density at radius 2 is 2.05 bits per heavy atom. The summed E-state index contributed by atoms with van der Waals surface area (Å²) in [6, 6.07) is 13.8. The van der Waals surface area contributed by atoms with E-state index in [1.807, 2.05) is 25.1 Å². The summed E-state index contributed by atoms with van der Waals surface area (Å²) in [5.74, 6) is -0.798. The SMILES string of the molecule is C/C(=C\c1c(C)[nH]c2cc(-[n+]3[nH]c4c(c3C)C(c3ccccc3OC(F)F)C(C#N)=C(N)O4)ccc12)[N+](=O)[O-]. The molecule has 5 rings (SSSR count). The lowest BCUT2D eigenvalue weighted by molar-refractivity contribution is -0.661. The van der Waals surface area contributed by atoms with E-state index in [-0.39, 0.29) is 28.8 Å². The number of nitriles is 1. The van der Waals surface area contributed by atoms with Crippen LogP contribution in [-0.4, -0.2) is 21.6 Å². The lowest BCUT2D eigenvalue weighted by Gasteiger charge is -2.23. The van der Waals surface area contributed by atoms with Gasteiger partial charge in [0.25, 0.3) is 5.88 Å². The van der Waals surface area contributed by atoms with E-state index in [0.29, 0.717) is 28.1 Å². The number of para-hydroxylation sites is 1. The Bertz CT molecular complexity index is 1740. The van der Waals surface area contributed by atoms with Crippen molar-refractivity contribution in [2.24, 2.45) is 5.73 Å². The number of fused-ring (bicyclic) bond motifs is 2. The van der Waals surface area contributed by atoms with Crippen LogP contribution < -0.4 is 19.9 Å². The molecule has 0 amide bonds. The molecule has 0 spiro atoms. The first-order valence-electron chi connectivity index (χ1n) is 11.8. The van der Waals surface area contributed by atoms with E-state index >= 15 is 0 Å². The molecule has 198 valence electrons. The highest BCUT2D eigenvalue weighted by Crippen LogP contribution is 2.45. The minimum atomic E-state index is -3.06. The Hall–Kier alpha value is -5.18. The van der Waals surface area contributed by atoms with Crippen molar-refractivity contribution in [2.75, 3.05) is 0 Å². The summed E-state index contributed by atoms with van der Waals surface area (Å²) < 4.78 is 38.6. The van der Waals surface area contributed by atoms with Crippen LogP contribution in [0.2, 0.25) is 0 Å². The van der Waals surface area contributed by atoms with Gasteiger partial charge >= 0.3 is 6.61 Å². The van der Waals surface area contributed by atoms with Crippen LogP contribution >= 0.6 is 0 Å². The number of nitrogens with one attached hydrogen (secondary N) is 2. The van der Waals surface area contributed by atoms with E-state index in [1.165, 1.54) is 19.1 Å². The molecule has 0 bridgehead atoms. The molecule has 0 radical (unpaired) electrons. The topological polar surface area (TPSA) is 147 Å². The Kier molecular flexibility index (Phi) is 6.27. The second-order valence-corrected chi connectivity index (χ2v) is 9.05. The maximum atomic E-state index is 13.2. The average Bonchev–Trinajstić information content (AvgIpc) is 3.38. The molecule has 4 aromatic rings. The maximum Gasteiger partial charge on any atom is 0.387 e. The summed E-state index contributed by atoms with van der Waals surface area (Å²) in [5.41, 5.74) is 10.6. The van der Waals surface area contributed by atoms with Crippen molar-refractivity contribution in [3.8, 4) is 23.4 Å². The minimum Gasteiger partial charge on any atom is -0.435 e. The molecule has 0 aliphatic carbocycles. The number of nitrogens with two attached hydrogens (primary N) is 1. The lowest BCUT2D eigenvalue weighted by Crippen LogP contribution is -2.35. The van der Waals surface area contributed by atoms with Gasteiger partial charge in [-0.1, -0.05) is 22.9 Å².